The van der Waals surface area contributed by atoms with Gasteiger partial charge in [0, 0.05) is 23.5 Å². The molecule has 1 amide bonds. The van der Waals surface area contributed by atoms with Crippen LogP contribution in [0.1, 0.15) is 39.2 Å². The van der Waals surface area contributed by atoms with E-state index < -0.39 is 9.84 Å². The van der Waals surface area contributed by atoms with Crippen LogP contribution < -0.4 is 0 Å². The molecule has 1 unspecified atom stereocenters. The standard InChI is InChI=1S/C25H27NO4S/c1-17-14-18(2)23-22(15-17)19(3)24(30-23)25(27)26(21-11-13-31(28,29)16-21)12-7-10-20-8-5-4-6-9-20/h4-10,14-15,21H,11-13,16H2,1-3H3/b10-7+. The summed E-state index contributed by atoms with van der Waals surface area (Å²) in [6.45, 7) is 6.20. The van der Waals surface area contributed by atoms with E-state index in [9.17, 15) is 13.2 Å². The first kappa shape index (κ1) is 21.4. The summed E-state index contributed by atoms with van der Waals surface area (Å²) in [5, 5.41) is 0.930. The van der Waals surface area contributed by atoms with E-state index in [0.717, 1.165) is 27.6 Å². The van der Waals surface area contributed by atoms with Crippen LogP contribution in [0.25, 0.3) is 17.0 Å². The van der Waals surface area contributed by atoms with E-state index in [-0.39, 0.29) is 23.5 Å². The van der Waals surface area contributed by atoms with Gasteiger partial charge in [-0.1, -0.05) is 48.6 Å². The molecule has 1 aliphatic heterocycles. The Bertz CT molecular complexity index is 1260. The van der Waals surface area contributed by atoms with Crippen LogP contribution in [0.5, 0.6) is 0 Å². The Morgan fingerprint density at radius 3 is 2.58 bits per heavy atom. The monoisotopic (exact) mass is 437 g/mol. The van der Waals surface area contributed by atoms with Crippen LogP contribution in [0.4, 0.5) is 0 Å². The summed E-state index contributed by atoms with van der Waals surface area (Å²) >= 11 is 0. The van der Waals surface area contributed by atoms with Crippen molar-refractivity contribution >= 4 is 32.8 Å². The number of sulfone groups is 1. The third-order valence-corrected chi connectivity index (χ3v) is 7.63. The van der Waals surface area contributed by atoms with Crippen molar-refractivity contribution in [2.45, 2.75) is 33.2 Å². The highest BCUT2D eigenvalue weighted by Gasteiger charge is 2.36. The fourth-order valence-electron chi connectivity index (χ4n) is 4.29. The van der Waals surface area contributed by atoms with E-state index in [0.29, 0.717) is 24.3 Å². The van der Waals surface area contributed by atoms with Crippen molar-refractivity contribution in [3.05, 3.63) is 76.6 Å². The first-order valence-electron chi connectivity index (χ1n) is 10.5. The highest BCUT2D eigenvalue weighted by Crippen LogP contribution is 2.31. The van der Waals surface area contributed by atoms with Crippen molar-refractivity contribution < 1.29 is 17.6 Å². The van der Waals surface area contributed by atoms with Crippen LogP contribution >= 0.6 is 0 Å². The lowest BCUT2D eigenvalue weighted by atomic mass is 10.1. The van der Waals surface area contributed by atoms with E-state index in [2.05, 4.69) is 0 Å². The van der Waals surface area contributed by atoms with E-state index in [4.69, 9.17) is 4.42 Å². The summed E-state index contributed by atoms with van der Waals surface area (Å²) in [5.41, 5.74) is 4.63. The number of nitrogens with zero attached hydrogens (tertiary/aromatic N) is 1. The van der Waals surface area contributed by atoms with Crippen LogP contribution in [0.2, 0.25) is 0 Å². The zero-order valence-corrected chi connectivity index (χ0v) is 18.9. The van der Waals surface area contributed by atoms with Gasteiger partial charge in [0.05, 0.1) is 11.5 Å². The molecular weight excluding hydrogens is 410 g/mol. The van der Waals surface area contributed by atoms with Crippen LogP contribution in [-0.2, 0) is 9.84 Å². The van der Waals surface area contributed by atoms with Crippen molar-refractivity contribution in [1.29, 1.82) is 0 Å². The Morgan fingerprint density at radius 1 is 1.16 bits per heavy atom. The molecule has 0 bridgehead atoms. The number of fused-ring (bicyclic) bond motifs is 1. The second-order valence-electron chi connectivity index (χ2n) is 8.34. The summed E-state index contributed by atoms with van der Waals surface area (Å²) in [7, 11) is -3.13. The van der Waals surface area contributed by atoms with Crippen LogP contribution in [0.3, 0.4) is 0 Å². The Labute approximate surface area is 183 Å². The number of furan rings is 1. The molecule has 6 heteroatoms. The van der Waals surface area contributed by atoms with Gasteiger partial charge in [-0.25, -0.2) is 8.42 Å². The Kier molecular flexibility index (Phi) is 5.75. The first-order chi connectivity index (χ1) is 14.7. The number of hydrogen-bond acceptors (Lipinski definition) is 4. The summed E-state index contributed by atoms with van der Waals surface area (Å²) < 4.78 is 30.3. The number of carbonyl (C=O) groups is 1. The van der Waals surface area contributed by atoms with Gasteiger partial charge in [0.1, 0.15) is 5.58 Å². The summed E-state index contributed by atoms with van der Waals surface area (Å²) in [4.78, 5) is 15.2. The maximum Gasteiger partial charge on any atom is 0.290 e. The molecule has 0 saturated carbocycles. The van der Waals surface area contributed by atoms with Crippen LogP contribution in [0, 0.1) is 20.8 Å². The predicted octanol–water partition coefficient (Wildman–Crippen LogP) is 4.70. The van der Waals surface area contributed by atoms with Crippen molar-refractivity contribution in [2.24, 2.45) is 0 Å². The molecular formula is C25H27NO4S. The second-order valence-corrected chi connectivity index (χ2v) is 10.6. The van der Waals surface area contributed by atoms with Gasteiger partial charge in [0.15, 0.2) is 15.6 Å². The van der Waals surface area contributed by atoms with Crippen molar-refractivity contribution in [3.63, 3.8) is 0 Å². The van der Waals surface area contributed by atoms with Gasteiger partial charge in [-0.2, -0.15) is 0 Å². The molecule has 1 aliphatic rings. The third-order valence-electron chi connectivity index (χ3n) is 5.88. The lowest BCUT2D eigenvalue weighted by molar-refractivity contribution is 0.0689. The van der Waals surface area contributed by atoms with Gasteiger partial charge < -0.3 is 9.32 Å². The SMILES string of the molecule is Cc1cc(C)c2oc(C(=O)N(C/C=C/c3ccccc3)C3CCS(=O)(=O)C3)c(C)c2c1. The lowest BCUT2D eigenvalue weighted by Crippen LogP contribution is -2.41. The number of amides is 1. The number of rotatable bonds is 5. The number of carbonyl (C=O) groups excluding carboxylic acids is 1. The topological polar surface area (TPSA) is 67.6 Å². The van der Waals surface area contributed by atoms with E-state index in [1.54, 1.807) is 4.90 Å². The maximum absolute atomic E-state index is 13.6. The summed E-state index contributed by atoms with van der Waals surface area (Å²) in [6.07, 6.45) is 4.30. The molecule has 5 nitrogen and oxygen atoms in total. The second kappa shape index (κ2) is 8.35. The van der Waals surface area contributed by atoms with Gasteiger partial charge in [-0.05, 0) is 49.9 Å². The minimum Gasteiger partial charge on any atom is -0.450 e. The Morgan fingerprint density at radius 2 is 1.90 bits per heavy atom. The molecule has 1 fully saturated rings. The van der Waals surface area contributed by atoms with Gasteiger partial charge in [-0.3, -0.25) is 4.79 Å². The molecule has 4 rings (SSSR count). The zero-order chi connectivity index (χ0) is 22.2. The molecule has 2 heterocycles. The molecule has 2 aromatic carbocycles. The van der Waals surface area contributed by atoms with E-state index in [1.807, 2.05) is 75.4 Å². The van der Waals surface area contributed by atoms with Gasteiger partial charge in [0.2, 0.25) is 0 Å². The van der Waals surface area contributed by atoms with E-state index >= 15 is 0 Å². The summed E-state index contributed by atoms with van der Waals surface area (Å²) in [5.74, 6) is 0.142. The highest BCUT2D eigenvalue weighted by molar-refractivity contribution is 7.91. The molecule has 0 N–H and O–H groups in total. The van der Waals surface area contributed by atoms with Gasteiger partial charge >= 0.3 is 0 Å². The number of benzene rings is 2. The predicted molar refractivity (Wildman–Crippen MR) is 124 cm³/mol. The minimum atomic E-state index is -3.13. The maximum atomic E-state index is 13.6. The summed E-state index contributed by atoms with van der Waals surface area (Å²) in [6, 6.07) is 13.5. The average Bonchev–Trinajstić information content (AvgIpc) is 3.25. The van der Waals surface area contributed by atoms with E-state index in [1.165, 1.54) is 0 Å². The van der Waals surface area contributed by atoms with Gasteiger partial charge in [-0.15, -0.1) is 0 Å². The average molecular weight is 438 g/mol. The first-order valence-corrected chi connectivity index (χ1v) is 12.3. The normalized spacial score (nSPS) is 18.1. The Hall–Kier alpha value is -2.86. The van der Waals surface area contributed by atoms with Crippen molar-refractivity contribution in [3.8, 4) is 0 Å². The van der Waals surface area contributed by atoms with Crippen molar-refractivity contribution in [2.75, 3.05) is 18.1 Å². The highest BCUT2D eigenvalue weighted by atomic mass is 32.2. The zero-order valence-electron chi connectivity index (χ0n) is 18.1. The molecule has 0 radical (unpaired) electrons. The molecule has 1 aromatic heterocycles. The minimum absolute atomic E-state index is 0.00463. The lowest BCUT2D eigenvalue weighted by Gasteiger charge is -2.26. The third kappa shape index (κ3) is 4.44. The molecule has 162 valence electrons. The quantitative estimate of drug-likeness (QED) is 0.580. The number of hydrogen-bond donors (Lipinski definition) is 0. The van der Waals surface area contributed by atoms with Crippen LogP contribution in [0.15, 0.2) is 53.0 Å². The number of aryl methyl sites for hydroxylation is 3. The van der Waals surface area contributed by atoms with Gasteiger partial charge in [0.25, 0.3) is 5.91 Å². The molecule has 31 heavy (non-hydrogen) atoms. The molecule has 0 spiro atoms. The fourth-order valence-corrected chi connectivity index (χ4v) is 6.02. The molecule has 1 saturated heterocycles. The molecule has 0 aliphatic carbocycles. The largest absolute Gasteiger partial charge is 0.450 e. The smallest absolute Gasteiger partial charge is 0.290 e. The molecule has 3 aromatic rings. The molecule has 1 atom stereocenters. The van der Waals surface area contributed by atoms with Crippen molar-refractivity contribution in [1.82, 2.24) is 4.90 Å². The Balaban J connectivity index is 1.68. The fraction of sp³-hybridized carbons (Fsp3) is 0.320. The van der Waals surface area contributed by atoms with Crippen LogP contribution in [-0.4, -0.2) is 43.3 Å².